The van der Waals surface area contributed by atoms with Crippen molar-refractivity contribution < 1.29 is 18.3 Å². The second-order valence-electron chi connectivity index (χ2n) is 2.93. The van der Waals surface area contributed by atoms with Gasteiger partial charge in [-0.1, -0.05) is 0 Å². The van der Waals surface area contributed by atoms with Crippen LogP contribution in [0.3, 0.4) is 0 Å². The molecule has 1 fully saturated rings. The second-order valence-corrected chi connectivity index (χ2v) is 4.15. The third kappa shape index (κ3) is 2.04. The van der Waals surface area contributed by atoms with Gasteiger partial charge >= 0.3 is 5.97 Å². The molecule has 3 atom stereocenters. The molecule has 0 spiro atoms. The Bertz CT molecular complexity index is 204. The van der Waals surface area contributed by atoms with Crippen molar-refractivity contribution in [1.29, 1.82) is 0 Å². The Morgan fingerprint density at radius 1 is 1.58 bits per heavy atom. The molecule has 0 aromatic heterocycles. The molecule has 1 unspecified atom stereocenters. The molecule has 1 aliphatic rings. The molecule has 5 heteroatoms. The van der Waals surface area contributed by atoms with Crippen molar-refractivity contribution in [3.05, 3.63) is 0 Å². The van der Waals surface area contributed by atoms with Crippen LogP contribution in [-0.4, -0.2) is 27.1 Å². The van der Waals surface area contributed by atoms with Gasteiger partial charge in [0.05, 0.1) is 18.3 Å². The molecule has 1 saturated carbocycles. The standard InChI is InChI=1S/C7H12O4S/c1-11-7(8)5-2-3-6(4-5)12(9)10/h5-6H,2-4H2,1H3,(H,9,10)/t5-,6+/m0/s1. The number of carbonyl (C=O) groups excluding carboxylic acids is 1. The maximum atomic E-state index is 11.0. The molecular weight excluding hydrogens is 180 g/mol. The van der Waals surface area contributed by atoms with Crippen LogP contribution in [0.25, 0.3) is 0 Å². The van der Waals surface area contributed by atoms with Crippen LogP contribution < -0.4 is 0 Å². The van der Waals surface area contributed by atoms with E-state index < -0.39 is 11.1 Å². The number of hydrogen-bond donors (Lipinski definition) is 1. The van der Waals surface area contributed by atoms with E-state index in [-0.39, 0.29) is 17.1 Å². The van der Waals surface area contributed by atoms with E-state index in [0.29, 0.717) is 19.3 Å². The Balaban J connectivity index is 2.45. The first-order valence-electron chi connectivity index (χ1n) is 3.82. The summed E-state index contributed by atoms with van der Waals surface area (Å²) in [5.41, 5.74) is 0. The van der Waals surface area contributed by atoms with Crippen LogP contribution in [0.5, 0.6) is 0 Å². The average molecular weight is 192 g/mol. The molecule has 70 valence electrons. The molecule has 0 heterocycles. The average Bonchev–Trinajstić information content (AvgIpc) is 2.51. The molecule has 0 aliphatic heterocycles. The summed E-state index contributed by atoms with van der Waals surface area (Å²) in [6.45, 7) is 0. The molecular formula is C7H12O4S. The van der Waals surface area contributed by atoms with Gasteiger partial charge < -0.3 is 9.29 Å². The van der Waals surface area contributed by atoms with Gasteiger partial charge in [-0.2, -0.15) is 0 Å². The van der Waals surface area contributed by atoms with Crippen LogP contribution in [0.1, 0.15) is 19.3 Å². The summed E-state index contributed by atoms with van der Waals surface area (Å²) >= 11 is -1.79. The summed E-state index contributed by atoms with van der Waals surface area (Å²) in [7, 11) is 1.34. The van der Waals surface area contributed by atoms with E-state index in [0.717, 1.165) is 0 Å². The highest BCUT2D eigenvalue weighted by atomic mass is 32.2. The zero-order chi connectivity index (χ0) is 9.14. The van der Waals surface area contributed by atoms with E-state index in [4.69, 9.17) is 4.55 Å². The minimum Gasteiger partial charge on any atom is -0.469 e. The fraction of sp³-hybridized carbons (Fsp3) is 0.857. The zero-order valence-corrected chi connectivity index (χ0v) is 7.67. The van der Waals surface area contributed by atoms with Crippen LogP contribution in [0, 0.1) is 5.92 Å². The first-order chi connectivity index (χ1) is 5.65. The molecule has 4 nitrogen and oxygen atoms in total. The summed E-state index contributed by atoms with van der Waals surface area (Å²) in [5.74, 6) is -0.431. The molecule has 1 N–H and O–H groups in total. The quantitative estimate of drug-likeness (QED) is 0.512. The molecule has 12 heavy (non-hydrogen) atoms. The van der Waals surface area contributed by atoms with Gasteiger partial charge in [0.15, 0.2) is 11.1 Å². The SMILES string of the molecule is COC(=O)[C@H]1CC[C@@H](S(=O)O)C1. The fourth-order valence-electron chi connectivity index (χ4n) is 1.50. The largest absolute Gasteiger partial charge is 0.469 e. The Hall–Kier alpha value is -0.420. The maximum absolute atomic E-state index is 11.0. The van der Waals surface area contributed by atoms with Crippen molar-refractivity contribution in [2.45, 2.75) is 24.5 Å². The van der Waals surface area contributed by atoms with Gasteiger partial charge in [0, 0.05) is 0 Å². The lowest BCUT2D eigenvalue weighted by Crippen LogP contribution is -2.15. The van der Waals surface area contributed by atoms with Crippen LogP contribution >= 0.6 is 0 Å². The highest BCUT2D eigenvalue weighted by Gasteiger charge is 2.33. The lowest BCUT2D eigenvalue weighted by atomic mass is 10.1. The molecule has 1 rings (SSSR count). The summed E-state index contributed by atoms with van der Waals surface area (Å²) in [6, 6.07) is 0. The molecule has 0 saturated heterocycles. The molecule has 0 aromatic carbocycles. The van der Waals surface area contributed by atoms with Crippen molar-refractivity contribution in [2.75, 3.05) is 7.11 Å². The normalized spacial score (nSPS) is 31.5. The van der Waals surface area contributed by atoms with Crippen LogP contribution in [0.4, 0.5) is 0 Å². The second kappa shape index (κ2) is 4.00. The molecule has 0 amide bonds. The van der Waals surface area contributed by atoms with Crippen molar-refractivity contribution in [3.8, 4) is 0 Å². The van der Waals surface area contributed by atoms with Crippen LogP contribution in [0.2, 0.25) is 0 Å². The smallest absolute Gasteiger partial charge is 0.308 e. The van der Waals surface area contributed by atoms with E-state index in [1.165, 1.54) is 7.11 Å². The Labute approximate surface area is 73.6 Å². The molecule has 0 bridgehead atoms. The van der Waals surface area contributed by atoms with Gasteiger partial charge in [0.1, 0.15) is 0 Å². The van der Waals surface area contributed by atoms with Crippen LogP contribution in [0.15, 0.2) is 0 Å². The summed E-state index contributed by atoms with van der Waals surface area (Å²) in [5, 5.41) is -0.242. The number of methoxy groups -OCH3 is 1. The fourth-order valence-corrected chi connectivity index (χ4v) is 2.24. The first-order valence-corrected chi connectivity index (χ1v) is 4.99. The van der Waals surface area contributed by atoms with Crippen molar-refractivity contribution in [2.24, 2.45) is 5.92 Å². The number of carbonyl (C=O) groups is 1. The lowest BCUT2D eigenvalue weighted by Gasteiger charge is -2.05. The Morgan fingerprint density at radius 3 is 2.67 bits per heavy atom. The number of ether oxygens (including phenoxy) is 1. The first kappa shape index (κ1) is 9.67. The van der Waals surface area contributed by atoms with Gasteiger partial charge in [0.25, 0.3) is 0 Å². The van der Waals surface area contributed by atoms with Gasteiger partial charge in [-0.25, -0.2) is 4.21 Å². The topological polar surface area (TPSA) is 63.6 Å². The maximum Gasteiger partial charge on any atom is 0.308 e. The van der Waals surface area contributed by atoms with Crippen molar-refractivity contribution >= 4 is 17.0 Å². The summed E-state index contributed by atoms with van der Waals surface area (Å²) in [6.07, 6.45) is 1.79. The monoisotopic (exact) mass is 192 g/mol. The number of rotatable bonds is 2. The third-order valence-corrected chi connectivity index (χ3v) is 3.20. The Morgan fingerprint density at radius 2 is 2.25 bits per heavy atom. The van der Waals surface area contributed by atoms with Gasteiger partial charge in [-0.15, -0.1) is 0 Å². The molecule has 0 aromatic rings. The van der Waals surface area contributed by atoms with E-state index in [9.17, 15) is 9.00 Å². The van der Waals surface area contributed by atoms with Gasteiger partial charge in [-0.3, -0.25) is 4.79 Å². The van der Waals surface area contributed by atoms with E-state index in [1.807, 2.05) is 0 Å². The third-order valence-electron chi connectivity index (χ3n) is 2.20. The highest BCUT2D eigenvalue weighted by Crippen LogP contribution is 2.29. The summed E-state index contributed by atoms with van der Waals surface area (Å²) < 4.78 is 23.9. The number of hydrogen-bond acceptors (Lipinski definition) is 3. The minimum absolute atomic E-state index is 0.170. The van der Waals surface area contributed by atoms with Gasteiger partial charge in [0.2, 0.25) is 0 Å². The van der Waals surface area contributed by atoms with E-state index >= 15 is 0 Å². The van der Waals surface area contributed by atoms with E-state index in [2.05, 4.69) is 4.74 Å². The Kier molecular flexibility index (Phi) is 3.22. The zero-order valence-electron chi connectivity index (χ0n) is 6.86. The lowest BCUT2D eigenvalue weighted by molar-refractivity contribution is -0.145. The van der Waals surface area contributed by atoms with E-state index in [1.54, 1.807) is 0 Å². The minimum atomic E-state index is -1.79. The molecule has 1 aliphatic carbocycles. The molecule has 0 radical (unpaired) electrons. The van der Waals surface area contributed by atoms with Gasteiger partial charge in [-0.05, 0) is 19.3 Å². The highest BCUT2D eigenvalue weighted by molar-refractivity contribution is 7.79. The summed E-state index contributed by atoms with van der Waals surface area (Å²) in [4.78, 5) is 11.0. The van der Waals surface area contributed by atoms with Crippen molar-refractivity contribution in [3.63, 3.8) is 0 Å². The number of esters is 1. The van der Waals surface area contributed by atoms with Crippen molar-refractivity contribution in [1.82, 2.24) is 0 Å². The predicted octanol–water partition coefficient (Wildman–Crippen LogP) is 0.550. The van der Waals surface area contributed by atoms with Crippen LogP contribution in [-0.2, 0) is 20.6 Å². The predicted molar refractivity (Wildman–Crippen MR) is 43.9 cm³/mol.